The highest BCUT2D eigenvalue weighted by Crippen LogP contribution is 2.28. The van der Waals surface area contributed by atoms with E-state index in [1.165, 1.54) is 11.3 Å². The van der Waals surface area contributed by atoms with E-state index in [1.807, 2.05) is 38.1 Å². The lowest BCUT2D eigenvalue weighted by atomic mass is 10.1. The molecule has 3 aromatic rings. The Balaban J connectivity index is 1.71. The van der Waals surface area contributed by atoms with Crippen molar-refractivity contribution in [1.29, 1.82) is 0 Å². The van der Waals surface area contributed by atoms with Crippen LogP contribution >= 0.6 is 35.2 Å². The summed E-state index contributed by atoms with van der Waals surface area (Å²) >= 11 is 12.6. The molecule has 0 aliphatic carbocycles. The molecule has 2 aromatic carbocycles. The first-order valence-electron chi connectivity index (χ1n) is 7.18. The number of nitrogens with one attached hydrogen (secondary N) is 2. The van der Waals surface area contributed by atoms with E-state index in [0.29, 0.717) is 15.7 Å². The van der Waals surface area contributed by atoms with Gasteiger partial charge in [-0.1, -0.05) is 40.6 Å². The molecule has 0 aliphatic rings. The molecule has 0 bridgehead atoms. The zero-order valence-electron chi connectivity index (χ0n) is 13.0. The van der Waals surface area contributed by atoms with Crippen LogP contribution in [-0.4, -0.2) is 16.0 Å². The number of nitrogens with zero attached hydrogens (tertiary/aromatic N) is 1. The first kappa shape index (κ1) is 16.8. The van der Waals surface area contributed by atoms with Crippen molar-refractivity contribution in [1.82, 2.24) is 10.3 Å². The van der Waals surface area contributed by atoms with Gasteiger partial charge in [-0.2, -0.15) is 0 Å². The van der Waals surface area contributed by atoms with Crippen molar-refractivity contribution in [3.05, 3.63) is 58.1 Å². The molecule has 0 fully saturated rings. The zero-order valence-corrected chi connectivity index (χ0v) is 15.4. The second-order valence-corrected chi connectivity index (χ2v) is 7.23. The molecule has 1 heterocycles. The van der Waals surface area contributed by atoms with E-state index in [9.17, 15) is 4.79 Å². The number of carbonyl (C=O) groups excluding carboxylic acids is 1. The number of thiocarbonyl (C=S) groups is 1. The average molecular weight is 376 g/mol. The van der Waals surface area contributed by atoms with Crippen LogP contribution in [0, 0.1) is 13.8 Å². The molecular weight excluding hydrogens is 362 g/mol. The first-order valence-corrected chi connectivity index (χ1v) is 8.78. The molecule has 24 heavy (non-hydrogen) atoms. The van der Waals surface area contributed by atoms with Crippen LogP contribution in [0.25, 0.3) is 10.2 Å². The van der Waals surface area contributed by atoms with Crippen LogP contribution in [0.2, 0.25) is 5.02 Å². The maximum Gasteiger partial charge on any atom is 0.257 e. The number of rotatable bonds is 2. The summed E-state index contributed by atoms with van der Waals surface area (Å²) in [6.07, 6.45) is 0. The molecule has 7 heteroatoms. The summed E-state index contributed by atoms with van der Waals surface area (Å²) in [4.78, 5) is 16.7. The Morgan fingerprint density at radius 1 is 1.21 bits per heavy atom. The van der Waals surface area contributed by atoms with E-state index >= 15 is 0 Å². The van der Waals surface area contributed by atoms with Crippen molar-refractivity contribution in [3.8, 4) is 0 Å². The van der Waals surface area contributed by atoms with Crippen molar-refractivity contribution in [2.75, 3.05) is 5.32 Å². The molecule has 1 aromatic heterocycles. The number of benzene rings is 2. The molecule has 0 atom stereocenters. The Morgan fingerprint density at radius 3 is 2.75 bits per heavy atom. The number of amides is 1. The number of halogens is 1. The Morgan fingerprint density at radius 2 is 2.00 bits per heavy atom. The van der Waals surface area contributed by atoms with Gasteiger partial charge in [-0.05, 0) is 55.9 Å². The van der Waals surface area contributed by atoms with Gasteiger partial charge >= 0.3 is 0 Å². The van der Waals surface area contributed by atoms with E-state index in [4.69, 9.17) is 23.8 Å². The monoisotopic (exact) mass is 375 g/mol. The predicted octanol–water partition coefficient (Wildman–Crippen LogP) is 4.69. The highest BCUT2D eigenvalue weighted by molar-refractivity contribution is 7.80. The number of aromatic nitrogens is 1. The molecule has 0 spiro atoms. The first-order chi connectivity index (χ1) is 11.4. The molecule has 0 saturated heterocycles. The molecule has 2 N–H and O–H groups in total. The highest BCUT2D eigenvalue weighted by atomic mass is 35.5. The second-order valence-electron chi connectivity index (χ2n) is 5.36. The summed E-state index contributed by atoms with van der Waals surface area (Å²) in [6.45, 7) is 3.88. The summed E-state index contributed by atoms with van der Waals surface area (Å²) in [7, 11) is 0. The molecular formula is C17H14ClN3OS2. The minimum atomic E-state index is -0.242. The topological polar surface area (TPSA) is 54.0 Å². The normalized spacial score (nSPS) is 10.6. The van der Waals surface area contributed by atoms with Gasteiger partial charge in [0.25, 0.3) is 5.91 Å². The number of hydrogen-bond donors (Lipinski definition) is 2. The number of thiazole rings is 1. The predicted molar refractivity (Wildman–Crippen MR) is 104 cm³/mol. The molecule has 0 aliphatic heterocycles. The summed E-state index contributed by atoms with van der Waals surface area (Å²) in [6, 6.07) is 11.1. The fourth-order valence-corrected chi connectivity index (χ4v) is 3.72. The van der Waals surface area contributed by atoms with Crippen molar-refractivity contribution < 1.29 is 4.79 Å². The summed E-state index contributed by atoms with van der Waals surface area (Å²) in [5.74, 6) is -0.242. The van der Waals surface area contributed by atoms with Gasteiger partial charge < -0.3 is 5.32 Å². The third-order valence-electron chi connectivity index (χ3n) is 3.42. The van der Waals surface area contributed by atoms with Gasteiger partial charge in [0.05, 0.1) is 10.2 Å². The van der Waals surface area contributed by atoms with E-state index in [-0.39, 0.29) is 11.0 Å². The largest absolute Gasteiger partial charge is 0.308 e. The maximum atomic E-state index is 12.3. The minimum absolute atomic E-state index is 0.213. The fourth-order valence-electron chi connectivity index (χ4n) is 2.32. The second kappa shape index (κ2) is 6.84. The summed E-state index contributed by atoms with van der Waals surface area (Å²) in [5, 5.41) is 7.11. The van der Waals surface area contributed by atoms with Gasteiger partial charge in [-0.15, -0.1) is 0 Å². The van der Waals surface area contributed by atoms with Crippen LogP contribution in [0.5, 0.6) is 0 Å². The molecule has 0 saturated carbocycles. The smallest absolute Gasteiger partial charge is 0.257 e. The minimum Gasteiger partial charge on any atom is -0.308 e. The van der Waals surface area contributed by atoms with Gasteiger partial charge in [0.2, 0.25) is 0 Å². The number of fused-ring (bicyclic) bond motifs is 1. The van der Waals surface area contributed by atoms with E-state index in [2.05, 4.69) is 15.6 Å². The molecule has 0 unspecified atom stereocenters. The molecule has 0 radical (unpaired) electrons. The lowest BCUT2D eigenvalue weighted by Crippen LogP contribution is -2.34. The SMILES string of the molecule is Cc1ccc(C(=O)NC(=S)Nc2nc3ccc(Cl)cc3s2)c(C)c1. The van der Waals surface area contributed by atoms with Crippen LogP contribution in [0.15, 0.2) is 36.4 Å². The Hall–Kier alpha value is -2.02. The van der Waals surface area contributed by atoms with E-state index < -0.39 is 0 Å². The molecule has 3 rings (SSSR count). The van der Waals surface area contributed by atoms with Gasteiger partial charge in [-0.3, -0.25) is 10.1 Å². The van der Waals surface area contributed by atoms with Crippen LogP contribution < -0.4 is 10.6 Å². The fraction of sp³-hybridized carbons (Fsp3) is 0.118. The van der Waals surface area contributed by atoms with E-state index in [1.54, 1.807) is 12.1 Å². The third kappa shape index (κ3) is 3.72. The Labute approximate surface area is 153 Å². The van der Waals surface area contributed by atoms with Crippen molar-refractivity contribution in [3.63, 3.8) is 0 Å². The number of hydrogen-bond acceptors (Lipinski definition) is 4. The lowest BCUT2D eigenvalue weighted by Gasteiger charge is -2.09. The van der Waals surface area contributed by atoms with Crippen LogP contribution in [0.1, 0.15) is 21.5 Å². The van der Waals surface area contributed by atoms with E-state index in [0.717, 1.165) is 21.3 Å². The average Bonchev–Trinajstić information content (AvgIpc) is 2.87. The summed E-state index contributed by atoms with van der Waals surface area (Å²) < 4.78 is 0.952. The van der Waals surface area contributed by atoms with Gasteiger partial charge in [0, 0.05) is 10.6 Å². The molecule has 4 nitrogen and oxygen atoms in total. The van der Waals surface area contributed by atoms with Gasteiger partial charge in [0.15, 0.2) is 10.2 Å². The Bertz CT molecular complexity index is 952. The van der Waals surface area contributed by atoms with Crippen molar-refractivity contribution >= 4 is 61.5 Å². The van der Waals surface area contributed by atoms with Crippen molar-refractivity contribution in [2.45, 2.75) is 13.8 Å². The number of carbonyl (C=O) groups is 1. The number of anilines is 1. The van der Waals surface area contributed by atoms with Crippen LogP contribution in [0.3, 0.4) is 0 Å². The molecule has 1 amide bonds. The van der Waals surface area contributed by atoms with Crippen LogP contribution in [-0.2, 0) is 0 Å². The van der Waals surface area contributed by atoms with Crippen LogP contribution in [0.4, 0.5) is 5.13 Å². The molecule has 122 valence electrons. The van der Waals surface area contributed by atoms with Gasteiger partial charge in [-0.25, -0.2) is 4.98 Å². The Kier molecular flexibility index (Phi) is 4.80. The lowest BCUT2D eigenvalue weighted by molar-refractivity contribution is 0.0977. The number of aryl methyl sites for hydroxylation is 2. The van der Waals surface area contributed by atoms with Gasteiger partial charge in [0.1, 0.15) is 0 Å². The standard InChI is InChI=1S/C17H14ClN3OS2/c1-9-3-5-12(10(2)7-9)15(22)20-16(23)21-17-19-13-6-4-11(18)8-14(13)24-17/h3-8H,1-2H3,(H2,19,20,21,22,23). The summed E-state index contributed by atoms with van der Waals surface area (Å²) in [5.41, 5.74) is 3.44. The quantitative estimate of drug-likeness (QED) is 0.638. The maximum absolute atomic E-state index is 12.3. The highest BCUT2D eigenvalue weighted by Gasteiger charge is 2.12. The zero-order chi connectivity index (χ0) is 17.3. The van der Waals surface area contributed by atoms with Crippen molar-refractivity contribution in [2.24, 2.45) is 0 Å². The third-order valence-corrected chi connectivity index (χ3v) is 4.80.